The molecule has 0 aliphatic carbocycles. The number of amides is 1. The third-order valence-electron chi connectivity index (χ3n) is 4.23. The molecule has 1 aliphatic heterocycles. The van der Waals surface area contributed by atoms with Crippen LogP contribution in [-0.2, 0) is 11.2 Å². The molecule has 1 saturated heterocycles. The Bertz CT molecular complexity index is 492. The predicted molar refractivity (Wildman–Crippen MR) is 89.6 cm³/mol. The van der Waals surface area contributed by atoms with Crippen molar-refractivity contribution in [2.45, 2.75) is 26.7 Å². The molecule has 1 unspecified atom stereocenters. The molecule has 1 fully saturated rings. The fourth-order valence-electron chi connectivity index (χ4n) is 2.95. The topological polar surface area (TPSA) is 36.4 Å². The van der Waals surface area contributed by atoms with E-state index in [2.05, 4.69) is 28.6 Å². The van der Waals surface area contributed by atoms with Gasteiger partial charge in [-0.15, -0.1) is 6.58 Å². The lowest BCUT2D eigenvalue weighted by Crippen LogP contribution is -2.50. The number of carbonyl (C=O) groups excluding carboxylic acids is 1. The first-order chi connectivity index (χ1) is 10.6. The third-order valence-corrected chi connectivity index (χ3v) is 4.23. The van der Waals surface area contributed by atoms with Crippen molar-refractivity contribution in [3.63, 3.8) is 0 Å². The summed E-state index contributed by atoms with van der Waals surface area (Å²) in [4.78, 5) is 20.9. The van der Waals surface area contributed by atoms with Gasteiger partial charge in [0.2, 0.25) is 5.91 Å². The molecule has 2 heterocycles. The van der Waals surface area contributed by atoms with E-state index in [0.29, 0.717) is 0 Å². The number of nitrogens with zero attached hydrogens (tertiary/aromatic N) is 3. The number of hydrogen-bond donors (Lipinski definition) is 0. The zero-order valence-corrected chi connectivity index (χ0v) is 13.8. The minimum Gasteiger partial charge on any atom is -0.340 e. The molecular formula is C18H27N3O. The maximum Gasteiger partial charge on any atom is 0.225 e. The van der Waals surface area contributed by atoms with E-state index in [4.69, 9.17) is 0 Å². The van der Waals surface area contributed by atoms with E-state index in [9.17, 15) is 4.79 Å². The summed E-state index contributed by atoms with van der Waals surface area (Å²) in [7, 11) is 0. The maximum atomic E-state index is 12.4. The molecule has 0 aromatic carbocycles. The highest BCUT2D eigenvalue weighted by Crippen LogP contribution is 2.14. The van der Waals surface area contributed by atoms with Crippen LogP contribution in [0.5, 0.6) is 0 Å². The zero-order chi connectivity index (χ0) is 15.9. The average molecular weight is 301 g/mol. The molecule has 120 valence electrons. The monoisotopic (exact) mass is 301 g/mol. The molecule has 1 amide bonds. The van der Waals surface area contributed by atoms with Crippen molar-refractivity contribution in [1.82, 2.24) is 14.8 Å². The van der Waals surface area contributed by atoms with Gasteiger partial charge < -0.3 is 4.90 Å². The standard InChI is InChI=1S/C18H27N3O/c1-15(2)14-16(3)18(22)21-12-10-20(11-13-21)9-6-17-4-7-19-8-5-17/h4-5,7-8,16H,1,6,9-14H2,2-3H3. The Labute approximate surface area is 133 Å². The van der Waals surface area contributed by atoms with E-state index in [1.54, 1.807) is 0 Å². The molecule has 0 radical (unpaired) electrons. The van der Waals surface area contributed by atoms with E-state index in [1.807, 2.05) is 31.1 Å². The van der Waals surface area contributed by atoms with Crippen molar-refractivity contribution >= 4 is 5.91 Å². The van der Waals surface area contributed by atoms with Crippen LogP contribution in [0.2, 0.25) is 0 Å². The van der Waals surface area contributed by atoms with Crippen LogP contribution in [-0.4, -0.2) is 53.4 Å². The first-order valence-corrected chi connectivity index (χ1v) is 8.10. The Kier molecular flexibility index (Phi) is 6.13. The van der Waals surface area contributed by atoms with E-state index in [0.717, 1.165) is 51.1 Å². The van der Waals surface area contributed by atoms with Gasteiger partial charge in [0, 0.05) is 51.0 Å². The van der Waals surface area contributed by atoms with E-state index < -0.39 is 0 Å². The zero-order valence-electron chi connectivity index (χ0n) is 13.8. The molecule has 4 nitrogen and oxygen atoms in total. The number of carbonyl (C=O) groups is 1. The lowest BCUT2D eigenvalue weighted by molar-refractivity contribution is -0.136. The second kappa shape index (κ2) is 8.08. The van der Waals surface area contributed by atoms with Crippen molar-refractivity contribution in [2.24, 2.45) is 5.92 Å². The molecule has 1 aromatic heterocycles. The normalized spacial score (nSPS) is 17.3. The Balaban J connectivity index is 1.73. The van der Waals surface area contributed by atoms with E-state index in [1.165, 1.54) is 5.56 Å². The summed E-state index contributed by atoms with van der Waals surface area (Å²) in [6.45, 7) is 12.6. The molecule has 0 N–H and O–H groups in total. The minimum absolute atomic E-state index is 0.0564. The fraction of sp³-hybridized carbons (Fsp3) is 0.556. The van der Waals surface area contributed by atoms with Gasteiger partial charge in [-0.2, -0.15) is 0 Å². The van der Waals surface area contributed by atoms with Crippen molar-refractivity contribution < 1.29 is 4.79 Å². The van der Waals surface area contributed by atoms with Gasteiger partial charge in [0.05, 0.1) is 0 Å². The number of hydrogen-bond acceptors (Lipinski definition) is 3. The fourth-order valence-corrected chi connectivity index (χ4v) is 2.95. The molecule has 1 aromatic rings. The molecule has 22 heavy (non-hydrogen) atoms. The number of rotatable bonds is 6. The SMILES string of the molecule is C=C(C)CC(C)C(=O)N1CCN(CCc2ccncc2)CC1. The molecular weight excluding hydrogens is 274 g/mol. The molecule has 0 saturated carbocycles. The van der Waals surface area contributed by atoms with E-state index >= 15 is 0 Å². The lowest BCUT2D eigenvalue weighted by Gasteiger charge is -2.36. The van der Waals surface area contributed by atoms with Gasteiger partial charge >= 0.3 is 0 Å². The van der Waals surface area contributed by atoms with Gasteiger partial charge in [-0.1, -0.05) is 12.5 Å². The average Bonchev–Trinajstić information content (AvgIpc) is 2.53. The van der Waals surface area contributed by atoms with Gasteiger partial charge in [-0.3, -0.25) is 14.7 Å². The summed E-state index contributed by atoms with van der Waals surface area (Å²) >= 11 is 0. The Morgan fingerprint density at radius 2 is 1.91 bits per heavy atom. The van der Waals surface area contributed by atoms with E-state index in [-0.39, 0.29) is 11.8 Å². The van der Waals surface area contributed by atoms with Crippen LogP contribution < -0.4 is 0 Å². The molecule has 0 bridgehead atoms. The highest BCUT2D eigenvalue weighted by atomic mass is 16.2. The second-order valence-corrected chi connectivity index (χ2v) is 6.33. The Morgan fingerprint density at radius 1 is 1.27 bits per heavy atom. The van der Waals surface area contributed by atoms with Crippen molar-refractivity contribution in [1.29, 1.82) is 0 Å². The van der Waals surface area contributed by atoms with Gasteiger partial charge in [-0.25, -0.2) is 0 Å². The highest BCUT2D eigenvalue weighted by Gasteiger charge is 2.24. The van der Waals surface area contributed by atoms with Gasteiger partial charge in [0.15, 0.2) is 0 Å². The predicted octanol–water partition coefficient (Wildman–Crippen LogP) is 2.37. The summed E-state index contributed by atoms with van der Waals surface area (Å²) in [5.41, 5.74) is 2.40. The number of aromatic nitrogens is 1. The van der Waals surface area contributed by atoms with Crippen LogP contribution in [0.3, 0.4) is 0 Å². The third kappa shape index (κ3) is 4.95. The lowest BCUT2D eigenvalue weighted by atomic mass is 10.0. The molecule has 1 aliphatic rings. The number of piperazine rings is 1. The van der Waals surface area contributed by atoms with Crippen molar-refractivity contribution in [3.8, 4) is 0 Å². The van der Waals surface area contributed by atoms with Crippen LogP contribution in [0.4, 0.5) is 0 Å². The summed E-state index contributed by atoms with van der Waals surface area (Å²) in [5, 5.41) is 0. The molecule has 2 rings (SSSR count). The van der Waals surface area contributed by atoms with Crippen LogP contribution in [0.25, 0.3) is 0 Å². The largest absolute Gasteiger partial charge is 0.340 e. The van der Waals surface area contributed by atoms with Gasteiger partial charge in [-0.05, 0) is 37.5 Å². The number of pyridine rings is 1. The quantitative estimate of drug-likeness (QED) is 0.757. The molecule has 4 heteroatoms. The second-order valence-electron chi connectivity index (χ2n) is 6.33. The number of allylic oxidation sites excluding steroid dienone is 1. The minimum atomic E-state index is 0.0564. The smallest absolute Gasteiger partial charge is 0.225 e. The van der Waals surface area contributed by atoms with Crippen LogP contribution in [0.1, 0.15) is 25.8 Å². The van der Waals surface area contributed by atoms with Crippen molar-refractivity contribution in [3.05, 3.63) is 42.2 Å². The van der Waals surface area contributed by atoms with Crippen LogP contribution in [0.15, 0.2) is 36.7 Å². The van der Waals surface area contributed by atoms with Crippen LogP contribution >= 0.6 is 0 Å². The maximum absolute atomic E-state index is 12.4. The van der Waals surface area contributed by atoms with Gasteiger partial charge in [0.1, 0.15) is 0 Å². The Hall–Kier alpha value is -1.68. The van der Waals surface area contributed by atoms with Crippen LogP contribution in [0, 0.1) is 5.92 Å². The van der Waals surface area contributed by atoms with Gasteiger partial charge in [0.25, 0.3) is 0 Å². The summed E-state index contributed by atoms with van der Waals surface area (Å²) in [6, 6.07) is 4.14. The van der Waals surface area contributed by atoms with Crippen molar-refractivity contribution in [2.75, 3.05) is 32.7 Å². The summed E-state index contributed by atoms with van der Waals surface area (Å²) < 4.78 is 0. The first kappa shape index (κ1) is 16.7. The Morgan fingerprint density at radius 3 is 2.50 bits per heavy atom. The summed E-state index contributed by atoms with van der Waals surface area (Å²) in [5.74, 6) is 0.331. The summed E-state index contributed by atoms with van der Waals surface area (Å²) in [6.07, 6.45) is 5.52. The first-order valence-electron chi connectivity index (χ1n) is 8.10. The molecule has 0 spiro atoms. The highest BCUT2D eigenvalue weighted by molar-refractivity contribution is 5.78. The molecule has 1 atom stereocenters.